The van der Waals surface area contributed by atoms with E-state index in [0.717, 1.165) is 41.8 Å². The zero-order chi connectivity index (χ0) is 41.3. The predicted molar refractivity (Wildman–Crippen MR) is 225 cm³/mol. The van der Waals surface area contributed by atoms with Crippen molar-refractivity contribution in [2.24, 2.45) is 29.1 Å². The smallest absolute Gasteiger partial charge is 0.256 e. The van der Waals surface area contributed by atoms with Crippen LogP contribution in [0, 0.1) is 29.1 Å². The Balaban J connectivity index is 1.27. The summed E-state index contributed by atoms with van der Waals surface area (Å²) in [4.78, 5) is 40.8. The number of benzene rings is 3. The highest BCUT2D eigenvalue weighted by atomic mass is 16.7. The molecule has 3 aromatic rings. The van der Waals surface area contributed by atoms with Gasteiger partial charge in [0.1, 0.15) is 17.9 Å². The van der Waals surface area contributed by atoms with Gasteiger partial charge in [-0.25, -0.2) is 0 Å². The van der Waals surface area contributed by atoms with E-state index in [-0.39, 0.29) is 42.5 Å². The Bertz CT molecular complexity index is 1870. The number of fused-ring (bicyclic) bond motifs is 2. The second kappa shape index (κ2) is 17.5. The van der Waals surface area contributed by atoms with E-state index in [9.17, 15) is 19.8 Å². The topological polar surface area (TPSA) is 118 Å². The minimum Gasteiger partial charge on any atom is -0.496 e. The Morgan fingerprint density at radius 1 is 1.02 bits per heavy atom. The predicted octanol–water partition coefficient (Wildman–Crippen LogP) is 5.33. The number of hydrogen-bond acceptors (Lipinski definition) is 9. The summed E-state index contributed by atoms with van der Waals surface area (Å²) in [5.41, 5.74) is 5.31. The molecule has 0 spiro atoms. The third-order valence-corrected chi connectivity index (χ3v) is 13.5. The molecule has 3 aromatic carbocycles. The molecule has 11 nitrogen and oxygen atoms in total. The molecule has 2 bridgehead atoms. The molecule has 4 aliphatic rings. The van der Waals surface area contributed by atoms with Crippen molar-refractivity contribution in [1.29, 1.82) is 0 Å². The Morgan fingerprint density at radius 3 is 2.33 bits per heavy atom. The van der Waals surface area contributed by atoms with Gasteiger partial charge in [-0.15, -0.1) is 0 Å². The summed E-state index contributed by atoms with van der Waals surface area (Å²) in [6.07, 6.45) is 1.23. The van der Waals surface area contributed by atoms with Crippen LogP contribution in [0.4, 0.5) is 5.69 Å². The number of carbonyl (C=O) groups excluding carboxylic acids is 2. The highest BCUT2D eigenvalue weighted by Crippen LogP contribution is 2.61. The molecule has 3 N–H and O–H groups in total. The molecule has 3 aliphatic carbocycles. The van der Waals surface area contributed by atoms with Gasteiger partial charge in [-0.1, -0.05) is 75.4 Å². The zero-order valence-corrected chi connectivity index (χ0v) is 35.6. The largest absolute Gasteiger partial charge is 0.496 e. The van der Waals surface area contributed by atoms with Gasteiger partial charge in [0.15, 0.2) is 0 Å². The molecule has 1 saturated heterocycles. The van der Waals surface area contributed by atoms with E-state index in [4.69, 9.17) is 9.57 Å². The van der Waals surface area contributed by atoms with Gasteiger partial charge in [0.05, 0.1) is 31.9 Å². The van der Waals surface area contributed by atoms with Crippen LogP contribution in [0.5, 0.6) is 5.75 Å². The number of methoxy groups -OCH3 is 1. The van der Waals surface area contributed by atoms with Gasteiger partial charge in [-0.05, 0) is 86.7 Å². The number of likely N-dealkylation sites (N-methyl/N-ethyl adjacent to an activating group) is 2. The summed E-state index contributed by atoms with van der Waals surface area (Å²) < 4.78 is 6.10. The van der Waals surface area contributed by atoms with Gasteiger partial charge < -0.3 is 35.0 Å². The summed E-state index contributed by atoms with van der Waals surface area (Å²) >= 11 is 0. The van der Waals surface area contributed by atoms with Gasteiger partial charge in [-0.2, -0.15) is 5.06 Å². The number of ether oxygens (including phenoxy) is 1. The third-order valence-electron chi connectivity index (χ3n) is 13.5. The molecule has 3 saturated carbocycles. The quantitative estimate of drug-likeness (QED) is 0.188. The first-order valence-corrected chi connectivity index (χ1v) is 20.5. The average Bonchev–Trinajstić information content (AvgIpc) is 3.56. The van der Waals surface area contributed by atoms with Crippen molar-refractivity contribution >= 4 is 17.5 Å². The maximum atomic E-state index is 14.3. The lowest BCUT2D eigenvalue weighted by Gasteiger charge is -2.62. The monoisotopic (exact) mass is 783 g/mol. The fourth-order valence-corrected chi connectivity index (χ4v) is 10.1. The first kappa shape index (κ1) is 42.6. The van der Waals surface area contributed by atoms with Crippen molar-refractivity contribution in [2.75, 3.05) is 60.4 Å². The minimum atomic E-state index is -0.895. The van der Waals surface area contributed by atoms with Crippen molar-refractivity contribution in [3.05, 3.63) is 83.4 Å². The van der Waals surface area contributed by atoms with E-state index in [0.29, 0.717) is 29.1 Å². The number of amides is 2. The standard InChI is InChI=1S/C46H65N5O6/c1-28-37-23-33(46(37,3)4)24-38(28)47-44(54)42-41(29(2)53)40(27-52)57-51(42)25-32-17-14-18-35(43(32)56-10)31-19-20-36(39(22-31)49(7)8)45(55)50(9)34(26-48(5)6)21-30-15-12-11-13-16-30/h11-20,22,28-29,33-34,37-38,40-42,52-53H,21,23-27H2,1-10H3,(H,47,54)/t28-,29-,33+,34-,37+,38-,40-,41-,42-/m0/s1. The van der Waals surface area contributed by atoms with Gasteiger partial charge >= 0.3 is 0 Å². The average molecular weight is 784 g/mol. The maximum absolute atomic E-state index is 14.3. The Kier molecular flexibility index (Phi) is 13.1. The van der Waals surface area contributed by atoms with E-state index in [2.05, 4.69) is 43.1 Å². The Morgan fingerprint density at radius 2 is 1.74 bits per heavy atom. The van der Waals surface area contributed by atoms with E-state index >= 15 is 0 Å². The number of rotatable bonds is 15. The number of nitrogens with zero attached hydrogens (tertiary/aromatic N) is 4. The van der Waals surface area contributed by atoms with Crippen LogP contribution in [0.25, 0.3) is 11.1 Å². The van der Waals surface area contributed by atoms with E-state index in [1.165, 1.54) is 12.0 Å². The van der Waals surface area contributed by atoms with Crippen LogP contribution < -0.4 is 15.0 Å². The lowest BCUT2D eigenvalue weighted by atomic mass is 9.45. The van der Waals surface area contributed by atoms with Crippen LogP contribution in [0.2, 0.25) is 0 Å². The molecular weight excluding hydrogens is 719 g/mol. The summed E-state index contributed by atoms with van der Waals surface area (Å²) in [5, 5.41) is 26.3. The van der Waals surface area contributed by atoms with E-state index < -0.39 is 24.2 Å². The maximum Gasteiger partial charge on any atom is 0.256 e. The Labute approximate surface area is 339 Å². The first-order chi connectivity index (χ1) is 27.1. The van der Waals surface area contributed by atoms with Crippen molar-refractivity contribution in [3.63, 3.8) is 0 Å². The lowest BCUT2D eigenvalue weighted by molar-refractivity contribution is -0.183. The number of hydroxylamine groups is 2. The zero-order valence-electron chi connectivity index (χ0n) is 35.6. The summed E-state index contributed by atoms with van der Waals surface area (Å²) in [7, 11) is 11.4. The van der Waals surface area contributed by atoms with Crippen LogP contribution in [0.3, 0.4) is 0 Å². The molecule has 7 rings (SSSR count). The van der Waals surface area contributed by atoms with Gasteiger partial charge in [0, 0.05) is 62.5 Å². The molecule has 0 unspecified atom stereocenters. The molecule has 4 fully saturated rings. The number of carbonyl (C=O) groups is 2. The van der Waals surface area contributed by atoms with Crippen molar-refractivity contribution in [3.8, 4) is 16.9 Å². The molecule has 9 atom stereocenters. The third kappa shape index (κ3) is 8.59. The van der Waals surface area contributed by atoms with Crippen LogP contribution in [0.1, 0.15) is 62.0 Å². The Hall–Kier alpha value is -4.00. The highest BCUT2D eigenvalue weighted by Gasteiger charge is 2.57. The van der Waals surface area contributed by atoms with Gasteiger partial charge in [0.25, 0.3) is 5.91 Å². The van der Waals surface area contributed by atoms with Gasteiger partial charge in [0.2, 0.25) is 5.91 Å². The molecule has 1 heterocycles. The second-order valence-electron chi connectivity index (χ2n) is 17.9. The number of anilines is 1. The van der Waals surface area contributed by atoms with Gasteiger partial charge in [-0.3, -0.25) is 14.4 Å². The summed E-state index contributed by atoms with van der Waals surface area (Å²) in [5.74, 6) is 1.19. The normalized spacial score (nSPS) is 26.4. The number of hydrogen-bond donors (Lipinski definition) is 3. The fourth-order valence-electron chi connectivity index (χ4n) is 10.1. The molecule has 310 valence electrons. The molecule has 11 heteroatoms. The van der Waals surface area contributed by atoms with Crippen LogP contribution in [0.15, 0.2) is 66.7 Å². The SMILES string of the molecule is COc1c(CN2O[C@@H](CO)[C@H]([C@H](C)O)[C@H]2C(=O)N[C@H]2C[C@H]3C[C@H]([C@@H]2C)C3(C)C)cccc1-c1ccc(C(=O)N(C)[C@@H](Cc2ccccc2)CN(C)C)c(N(C)C)c1. The first-order valence-electron chi connectivity index (χ1n) is 20.5. The van der Waals surface area contributed by atoms with E-state index in [1.807, 2.05) is 99.6 Å². The van der Waals surface area contributed by atoms with Crippen molar-refractivity contribution < 1.29 is 29.4 Å². The number of para-hydroxylation sites is 1. The van der Waals surface area contributed by atoms with E-state index in [1.54, 1.807) is 19.1 Å². The number of nitrogens with one attached hydrogen (secondary N) is 1. The summed E-state index contributed by atoms with van der Waals surface area (Å²) in [6, 6.07) is 21.2. The fraction of sp³-hybridized carbons (Fsp3) is 0.565. The second-order valence-corrected chi connectivity index (χ2v) is 17.9. The van der Waals surface area contributed by atoms with Crippen molar-refractivity contribution in [1.82, 2.24) is 20.2 Å². The van der Waals surface area contributed by atoms with Crippen molar-refractivity contribution in [2.45, 2.75) is 83.8 Å². The highest BCUT2D eigenvalue weighted by molar-refractivity contribution is 6.01. The molecule has 2 amide bonds. The van der Waals surface area contributed by atoms with Crippen LogP contribution in [-0.4, -0.2) is 123 Å². The molecule has 0 aromatic heterocycles. The lowest BCUT2D eigenvalue weighted by Crippen LogP contribution is -2.62. The minimum absolute atomic E-state index is 0.0391. The molecule has 1 aliphatic heterocycles. The molecule has 0 radical (unpaired) electrons. The molecule has 57 heavy (non-hydrogen) atoms. The number of aliphatic hydroxyl groups is 2. The van der Waals surface area contributed by atoms with Crippen LogP contribution >= 0.6 is 0 Å². The summed E-state index contributed by atoms with van der Waals surface area (Å²) in [6.45, 7) is 9.15. The molecular formula is C46H65N5O6. The number of aliphatic hydroxyl groups excluding tert-OH is 2. The van der Waals surface area contributed by atoms with Crippen LogP contribution in [-0.2, 0) is 22.6 Å².